The van der Waals surface area contributed by atoms with E-state index in [1.165, 1.54) is 11.1 Å². The number of imidazole rings is 3. The third-order valence-electron chi connectivity index (χ3n) is 17.7. The monoisotopic (exact) mass is 1390 g/mol. The quantitative estimate of drug-likeness (QED) is 0.0350. The molecule has 3 heterocycles. The summed E-state index contributed by atoms with van der Waals surface area (Å²) in [7, 11) is -13.2. The molecule has 0 amide bonds. The molecule has 3 saturated carbocycles. The molecule has 3 aromatic heterocycles. The molecule has 12 aromatic rings. The van der Waals surface area contributed by atoms with E-state index in [4.69, 9.17) is 15.0 Å². The number of rotatable bonds is 19. The summed E-state index contributed by atoms with van der Waals surface area (Å²) in [5.74, 6) is 4.86. The molecule has 24 heteroatoms. The standard InChI is InChI=1S/C25H25N3O3S.C25H23N3O3S.C24H24N4O4S2/c2*1-15(29)19-5-3-4-6-20(19)17-9-12-23-24(13-17)27-25(26-23)22-14-21(22)16-7-10-18(11-8-16)28-32(2,30)31;1-33(29,30)27-17-10-7-15(8-11-17)19-14-20(19)24-25-22-12-9-16(13-23(22)26-24)18-5-3-4-6-21(18)28-34(2,31)32/h3-13,15,21-22,28-29H,14H2,1-2H3,(H,26,27);3-13,21-22,28H,14H2,1-2H3,(H,26,27);3-13,19-20,27-28H,14H2,1-2H3,(H,25,26). The normalized spacial score (nSPS) is 18.4. The summed E-state index contributed by atoms with van der Waals surface area (Å²) in [6.45, 7) is 3.37. The van der Waals surface area contributed by atoms with Crippen molar-refractivity contribution in [1.29, 1.82) is 0 Å². The predicted octanol–water partition coefficient (Wildman–Crippen LogP) is 14.2. The third-order valence-corrected chi connectivity index (χ3v) is 20.1. The molecule has 20 nitrogen and oxygen atoms in total. The van der Waals surface area contributed by atoms with Crippen molar-refractivity contribution in [1.82, 2.24) is 29.9 Å². The smallest absolute Gasteiger partial charge is 0.229 e. The minimum atomic E-state index is -3.40. The van der Waals surface area contributed by atoms with Gasteiger partial charge in [0.25, 0.3) is 0 Å². The Labute approximate surface area is 569 Å². The van der Waals surface area contributed by atoms with Crippen molar-refractivity contribution in [3.05, 3.63) is 245 Å². The summed E-state index contributed by atoms with van der Waals surface area (Å²) in [5, 5.41) is 10.1. The van der Waals surface area contributed by atoms with Gasteiger partial charge in [-0.3, -0.25) is 23.7 Å². The van der Waals surface area contributed by atoms with Crippen molar-refractivity contribution in [2.75, 3.05) is 43.9 Å². The number of aliphatic hydroxyl groups excluding tert-OH is 1. The van der Waals surface area contributed by atoms with Crippen LogP contribution in [0, 0.1) is 0 Å². The zero-order chi connectivity index (χ0) is 69.0. The van der Waals surface area contributed by atoms with Gasteiger partial charge in [-0.1, -0.05) is 121 Å². The Morgan fingerprint density at radius 3 is 1.10 bits per heavy atom. The van der Waals surface area contributed by atoms with E-state index in [0.29, 0.717) is 57.9 Å². The number of anilines is 4. The Hall–Kier alpha value is -9.98. The fourth-order valence-electron chi connectivity index (χ4n) is 12.9. The summed E-state index contributed by atoms with van der Waals surface area (Å²) in [4.78, 5) is 36.8. The molecule has 3 aliphatic carbocycles. The lowest BCUT2D eigenvalue weighted by atomic mass is 9.96. The summed E-state index contributed by atoms with van der Waals surface area (Å²) < 4.78 is 102. The number of ketones is 1. The largest absolute Gasteiger partial charge is 0.389 e. The second-order valence-electron chi connectivity index (χ2n) is 25.7. The van der Waals surface area contributed by atoms with Gasteiger partial charge in [-0.05, 0) is 180 Å². The van der Waals surface area contributed by atoms with E-state index in [2.05, 4.69) is 46.0 Å². The van der Waals surface area contributed by atoms with E-state index in [0.717, 1.165) is 139 Å². The highest BCUT2D eigenvalue weighted by Gasteiger charge is 2.44. The lowest BCUT2D eigenvalue weighted by molar-refractivity contribution is 0.101. The van der Waals surface area contributed by atoms with Crippen LogP contribution in [0.2, 0.25) is 0 Å². The van der Waals surface area contributed by atoms with Crippen LogP contribution < -0.4 is 18.9 Å². The number of carbonyl (C=O) groups excluding carboxylic acids is 1. The number of hydrogen-bond donors (Lipinski definition) is 8. The molecular formula is C74H72N10O10S4. The van der Waals surface area contributed by atoms with Gasteiger partial charge >= 0.3 is 0 Å². The number of H-pyrrole nitrogens is 3. The fourth-order valence-corrected chi connectivity index (χ4v) is 15.2. The van der Waals surface area contributed by atoms with Crippen LogP contribution in [0.3, 0.4) is 0 Å². The maximum absolute atomic E-state index is 12.0. The van der Waals surface area contributed by atoms with Crippen LogP contribution in [-0.2, 0) is 40.1 Å². The minimum absolute atomic E-state index is 0.0459. The molecule has 0 aliphatic heterocycles. The Bertz CT molecular complexity index is 5510. The Balaban J connectivity index is 0.000000132. The van der Waals surface area contributed by atoms with Crippen LogP contribution in [0.1, 0.15) is 125 Å². The van der Waals surface area contributed by atoms with Gasteiger partial charge in [-0.25, -0.2) is 48.6 Å². The summed E-state index contributed by atoms with van der Waals surface area (Å²) in [6, 6.07) is 63.4. The first-order valence-corrected chi connectivity index (χ1v) is 39.4. The molecular weight excluding hydrogens is 1320 g/mol. The van der Waals surface area contributed by atoms with Gasteiger partial charge in [0.1, 0.15) is 17.5 Å². The highest BCUT2D eigenvalue weighted by molar-refractivity contribution is 7.92. The number of aromatic amines is 3. The number of carbonyl (C=O) groups is 1. The molecule has 7 atom stereocenters. The number of hydrogen-bond acceptors (Lipinski definition) is 13. The maximum Gasteiger partial charge on any atom is 0.229 e. The van der Waals surface area contributed by atoms with Crippen LogP contribution in [-0.4, -0.2) is 99.5 Å². The average molecular weight is 1390 g/mol. The number of Topliss-reactive ketones (excluding diaryl/α,β-unsaturated/α-hetero) is 1. The van der Waals surface area contributed by atoms with Gasteiger partial charge in [-0.2, -0.15) is 0 Å². The van der Waals surface area contributed by atoms with E-state index in [9.17, 15) is 43.6 Å². The molecule has 98 heavy (non-hydrogen) atoms. The zero-order valence-corrected chi connectivity index (χ0v) is 57.6. The Kier molecular flexibility index (Phi) is 18.0. The maximum atomic E-state index is 12.0. The van der Waals surface area contributed by atoms with Crippen molar-refractivity contribution in [2.24, 2.45) is 0 Å². The van der Waals surface area contributed by atoms with Gasteiger partial charge in [0, 0.05) is 45.9 Å². The van der Waals surface area contributed by atoms with Gasteiger partial charge in [0.2, 0.25) is 40.1 Å². The number of aliphatic hydroxyl groups is 1. The molecule has 0 radical (unpaired) electrons. The molecule has 8 N–H and O–H groups in total. The van der Waals surface area contributed by atoms with E-state index in [1.807, 2.05) is 140 Å². The number of benzene rings is 9. The molecule has 9 aromatic carbocycles. The van der Waals surface area contributed by atoms with E-state index < -0.39 is 46.2 Å². The van der Waals surface area contributed by atoms with Crippen LogP contribution in [0.25, 0.3) is 66.5 Å². The molecule has 15 rings (SSSR count). The van der Waals surface area contributed by atoms with E-state index >= 15 is 0 Å². The third kappa shape index (κ3) is 15.9. The number of nitrogens with zero attached hydrogens (tertiary/aromatic N) is 3. The van der Waals surface area contributed by atoms with Gasteiger partial charge in [-0.15, -0.1) is 0 Å². The van der Waals surface area contributed by atoms with E-state index in [-0.39, 0.29) is 11.7 Å². The van der Waals surface area contributed by atoms with Crippen molar-refractivity contribution in [2.45, 2.75) is 74.7 Å². The number of fused-ring (bicyclic) bond motifs is 3. The topological polar surface area (TPSA) is 308 Å². The summed E-state index contributed by atoms with van der Waals surface area (Å²) in [5.41, 5.74) is 18.5. The zero-order valence-electron chi connectivity index (χ0n) is 54.3. The highest BCUT2D eigenvalue weighted by atomic mass is 32.2. The lowest BCUT2D eigenvalue weighted by Crippen LogP contribution is -2.10. The fraction of sp³-hybridized carbons (Fsp3) is 0.216. The Morgan fingerprint density at radius 1 is 0.408 bits per heavy atom. The molecule has 0 spiro atoms. The first kappa shape index (κ1) is 66.6. The minimum Gasteiger partial charge on any atom is -0.389 e. The summed E-state index contributed by atoms with van der Waals surface area (Å²) >= 11 is 0. The number of nitrogens with one attached hydrogen (secondary N) is 7. The van der Waals surface area contributed by atoms with Gasteiger partial charge in [0.15, 0.2) is 5.78 Å². The SMILES string of the molecule is CC(=O)c1ccccc1-c1ccc2nc(C3CC3c3ccc(NS(C)(=O)=O)cc3)[nH]c2c1.CC(O)c1ccccc1-c1ccc2nc(C3CC3c3ccc(NS(C)(=O)=O)cc3)[nH]c2c1.CS(=O)(=O)Nc1ccc(C2CC2c2nc3ccc(-c4ccccc4NS(C)(=O)=O)cc3[nH]2)cc1. The average Bonchev–Trinajstić information content (AvgIpc) is 1.62. The molecule has 0 saturated heterocycles. The number of aromatic nitrogens is 6. The molecule has 7 unspecified atom stereocenters. The molecule has 0 bridgehead atoms. The number of sulfonamides is 4. The first-order chi connectivity index (χ1) is 46.6. The van der Waals surface area contributed by atoms with Crippen LogP contribution in [0.5, 0.6) is 0 Å². The van der Waals surface area contributed by atoms with E-state index in [1.54, 1.807) is 62.4 Å². The second kappa shape index (κ2) is 26.5. The highest BCUT2D eigenvalue weighted by Crippen LogP contribution is 2.56. The van der Waals surface area contributed by atoms with Crippen molar-refractivity contribution in [3.63, 3.8) is 0 Å². The second-order valence-corrected chi connectivity index (χ2v) is 32.7. The van der Waals surface area contributed by atoms with Crippen LogP contribution >= 0.6 is 0 Å². The Morgan fingerprint density at radius 2 is 0.735 bits per heavy atom. The van der Waals surface area contributed by atoms with Crippen LogP contribution in [0.4, 0.5) is 22.7 Å². The molecule has 3 aliphatic rings. The van der Waals surface area contributed by atoms with Crippen molar-refractivity contribution >= 4 is 102 Å². The van der Waals surface area contributed by atoms with Crippen molar-refractivity contribution < 1.29 is 43.6 Å². The summed E-state index contributed by atoms with van der Waals surface area (Å²) in [6.07, 6.45) is 6.99. The van der Waals surface area contributed by atoms with Crippen LogP contribution in [0.15, 0.2) is 200 Å². The van der Waals surface area contributed by atoms with Gasteiger partial charge < -0.3 is 20.1 Å². The van der Waals surface area contributed by atoms with Gasteiger partial charge in [0.05, 0.1) is 69.9 Å². The number of para-hydroxylation sites is 1. The molecule has 3 fully saturated rings. The predicted molar refractivity (Wildman–Crippen MR) is 389 cm³/mol. The van der Waals surface area contributed by atoms with Crippen molar-refractivity contribution in [3.8, 4) is 33.4 Å². The lowest BCUT2D eigenvalue weighted by Gasteiger charge is -2.11. The first-order valence-electron chi connectivity index (χ1n) is 31.8. The molecule has 502 valence electrons.